The molecule has 2 aromatic carbocycles. The number of ether oxygens (including phenoxy) is 1. The quantitative estimate of drug-likeness (QED) is 0.829. The summed E-state index contributed by atoms with van der Waals surface area (Å²) in [4.78, 5) is 12.8. The van der Waals surface area contributed by atoms with E-state index in [1.54, 1.807) is 24.3 Å². The van der Waals surface area contributed by atoms with E-state index >= 15 is 0 Å². The highest BCUT2D eigenvalue weighted by Crippen LogP contribution is 2.34. The maximum atomic E-state index is 12.8. The number of benzene rings is 2. The van der Waals surface area contributed by atoms with Gasteiger partial charge in [0.05, 0.1) is 24.5 Å². The van der Waals surface area contributed by atoms with Crippen molar-refractivity contribution in [3.63, 3.8) is 0 Å². The molecule has 0 spiro atoms. The van der Waals surface area contributed by atoms with Crippen LogP contribution in [-0.2, 0) is 20.2 Å². The molecule has 0 saturated heterocycles. The summed E-state index contributed by atoms with van der Waals surface area (Å²) in [6, 6.07) is 14.7. The van der Waals surface area contributed by atoms with E-state index < -0.39 is 16.1 Å². The van der Waals surface area contributed by atoms with Gasteiger partial charge < -0.3 is 10.1 Å². The lowest BCUT2D eigenvalue weighted by Gasteiger charge is -2.34. The fourth-order valence-electron chi connectivity index (χ4n) is 3.31. The minimum absolute atomic E-state index is 0.0582. The summed E-state index contributed by atoms with van der Waals surface area (Å²) in [6.07, 6.45) is 0.208. The third-order valence-electron chi connectivity index (χ3n) is 5.06. The number of anilines is 1. The lowest BCUT2D eigenvalue weighted by Crippen LogP contribution is -2.50. The second kappa shape index (κ2) is 7.71. The maximum Gasteiger partial charge on any atom is 0.263 e. The van der Waals surface area contributed by atoms with Gasteiger partial charge in [0, 0.05) is 0 Å². The van der Waals surface area contributed by atoms with E-state index in [9.17, 15) is 13.2 Å². The highest BCUT2D eigenvalue weighted by molar-refractivity contribution is 7.92. The number of carbonyl (C=O) groups is 1. The fraction of sp³-hybridized carbons (Fsp3) is 0.409. The van der Waals surface area contributed by atoms with E-state index in [4.69, 9.17) is 4.74 Å². The first-order valence-electron chi connectivity index (χ1n) is 9.61. The van der Waals surface area contributed by atoms with Crippen LogP contribution >= 0.6 is 0 Å². The predicted molar refractivity (Wildman–Crippen MR) is 115 cm³/mol. The van der Waals surface area contributed by atoms with E-state index in [2.05, 4.69) is 38.2 Å². The SMILES string of the molecule is C[C@@H](NC(=O)[C@H]1CN(S(C)(=O)=O)c2ccccc2O1)c1ccc(C(C)(C)C)cc1. The van der Waals surface area contributed by atoms with Crippen LogP contribution in [0.15, 0.2) is 48.5 Å². The molecule has 1 heterocycles. The molecule has 0 bridgehead atoms. The highest BCUT2D eigenvalue weighted by Gasteiger charge is 2.35. The molecule has 1 N–H and O–H groups in total. The Labute approximate surface area is 172 Å². The molecule has 6 nitrogen and oxygen atoms in total. The Morgan fingerprint density at radius 1 is 1.14 bits per heavy atom. The van der Waals surface area contributed by atoms with Crippen LogP contribution < -0.4 is 14.4 Å². The summed E-state index contributed by atoms with van der Waals surface area (Å²) >= 11 is 0. The monoisotopic (exact) mass is 416 g/mol. The van der Waals surface area contributed by atoms with Crippen molar-refractivity contribution in [1.82, 2.24) is 5.32 Å². The normalized spacial score (nSPS) is 17.8. The molecule has 2 aromatic rings. The summed E-state index contributed by atoms with van der Waals surface area (Å²) in [7, 11) is -3.53. The van der Waals surface area contributed by atoms with Crippen LogP contribution in [-0.4, -0.2) is 33.2 Å². The largest absolute Gasteiger partial charge is 0.476 e. The van der Waals surface area contributed by atoms with Gasteiger partial charge in [-0.3, -0.25) is 9.10 Å². The molecule has 156 valence electrons. The summed E-state index contributed by atoms with van der Waals surface area (Å²) in [6.45, 7) is 8.30. The van der Waals surface area contributed by atoms with Crippen molar-refractivity contribution in [2.24, 2.45) is 0 Å². The number of hydrogen-bond acceptors (Lipinski definition) is 4. The predicted octanol–water partition coefficient (Wildman–Crippen LogP) is 3.39. The smallest absolute Gasteiger partial charge is 0.263 e. The first-order valence-corrected chi connectivity index (χ1v) is 11.5. The first kappa shape index (κ1) is 21.2. The third-order valence-corrected chi connectivity index (χ3v) is 6.21. The summed E-state index contributed by atoms with van der Waals surface area (Å²) < 4.78 is 31.4. The maximum absolute atomic E-state index is 12.8. The number of nitrogens with zero attached hydrogens (tertiary/aromatic N) is 1. The topological polar surface area (TPSA) is 75.7 Å². The number of hydrogen-bond donors (Lipinski definition) is 1. The molecule has 1 amide bonds. The second-order valence-corrected chi connectivity index (χ2v) is 10.4. The van der Waals surface area contributed by atoms with Crippen LogP contribution in [0.4, 0.5) is 5.69 Å². The Hall–Kier alpha value is -2.54. The van der Waals surface area contributed by atoms with Crippen LogP contribution in [0.1, 0.15) is 44.9 Å². The number of nitrogens with one attached hydrogen (secondary N) is 1. The second-order valence-electron chi connectivity index (χ2n) is 8.47. The highest BCUT2D eigenvalue weighted by atomic mass is 32.2. The van der Waals surface area contributed by atoms with Crippen molar-refractivity contribution >= 4 is 21.6 Å². The number of amides is 1. The zero-order valence-corrected chi connectivity index (χ0v) is 18.3. The van der Waals surface area contributed by atoms with Gasteiger partial charge in [0.25, 0.3) is 5.91 Å². The summed E-state index contributed by atoms with van der Waals surface area (Å²) in [5.41, 5.74) is 2.70. The van der Waals surface area contributed by atoms with E-state index in [1.807, 2.05) is 19.1 Å². The molecule has 1 aliphatic rings. The number of rotatable bonds is 4. The molecule has 0 aromatic heterocycles. The molecular weight excluding hydrogens is 388 g/mol. The fourth-order valence-corrected chi connectivity index (χ4v) is 4.23. The van der Waals surface area contributed by atoms with E-state index in [-0.39, 0.29) is 23.9 Å². The summed E-state index contributed by atoms with van der Waals surface area (Å²) in [5, 5.41) is 2.94. The Morgan fingerprint density at radius 2 is 1.76 bits per heavy atom. The Bertz CT molecular complexity index is 994. The van der Waals surface area contributed by atoms with Gasteiger partial charge in [0.1, 0.15) is 5.75 Å². The van der Waals surface area contributed by atoms with Crippen molar-refractivity contribution in [3.05, 3.63) is 59.7 Å². The molecule has 0 saturated carbocycles. The molecule has 0 radical (unpaired) electrons. The number of para-hydroxylation sites is 2. The molecule has 3 rings (SSSR count). The molecule has 0 unspecified atom stereocenters. The lowest BCUT2D eigenvalue weighted by molar-refractivity contribution is -0.128. The first-order chi connectivity index (χ1) is 13.5. The van der Waals surface area contributed by atoms with Crippen LogP contribution in [0, 0.1) is 0 Å². The zero-order chi connectivity index (χ0) is 21.4. The van der Waals surface area contributed by atoms with Gasteiger partial charge in [-0.25, -0.2) is 8.42 Å². The number of sulfonamides is 1. The minimum atomic E-state index is -3.53. The molecule has 0 fully saturated rings. The van der Waals surface area contributed by atoms with Gasteiger partial charge >= 0.3 is 0 Å². The number of fused-ring (bicyclic) bond motifs is 1. The molecular formula is C22H28N2O4S. The van der Waals surface area contributed by atoms with E-state index in [0.29, 0.717) is 11.4 Å². The standard InChI is InChI=1S/C22H28N2O4S/c1-15(16-10-12-17(13-11-16)22(2,3)4)23-21(25)20-14-24(29(5,26)27)18-8-6-7-9-19(18)28-20/h6-13,15,20H,14H2,1-5H3,(H,23,25)/t15-,20-/m1/s1. The van der Waals surface area contributed by atoms with Crippen molar-refractivity contribution in [3.8, 4) is 5.75 Å². The van der Waals surface area contributed by atoms with Crippen LogP contribution in [0.25, 0.3) is 0 Å². The molecule has 1 aliphatic heterocycles. The zero-order valence-electron chi connectivity index (χ0n) is 17.5. The Morgan fingerprint density at radius 3 is 2.34 bits per heavy atom. The molecule has 0 aliphatic carbocycles. The summed E-state index contributed by atoms with van der Waals surface area (Å²) in [5.74, 6) is 0.0343. The minimum Gasteiger partial charge on any atom is -0.476 e. The number of carbonyl (C=O) groups excluding carboxylic acids is 1. The van der Waals surface area contributed by atoms with Crippen molar-refractivity contribution in [2.75, 3.05) is 17.1 Å². The van der Waals surface area contributed by atoms with Gasteiger partial charge in [-0.2, -0.15) is 0 Å². The molecule has 7 heteroatoms. The average molecular weight is 417 g/mol. The van der Waals surface area contributed by atoms with Crippen molar-refractivity contribution in [1.29, 1.82) is 0 Å². The van der Waals surface area contributed by atoms with Crippen LogP contribution in [0.3, 0.4) is 0 Å². The van der Waals surface area contributed by atoms with Gasteiger partial charge in [-0.15, -0.1) is 0 Å². The average Bonchev–Trinajstić information content (AvgIpc) is 2.65. The van der Waals surface area contributed by atoms with Crippen LogP contribution in [0.2, 0.25) is 0 Å². The van der Waals surface area contributed by atoms with Gasteiger partial charge in [-0.05, 0) is 35.6 Å². The van der Waals surface area contributed by atoms with Crippen molar-refractivity contribution in [2.45, 2.75) is 45.3 Å². The van der Waals surface area contributed by atoms with Crippen molar-refractivity contribution < 1.29 is 17.9 Å². The van der Waals surface area contributed by atoms with Crippen LogP contribution in [0.5, 0.6) is 5.75 Å². The Kier molecular flexibility index (Phi) is 5.63. The molecule has 2 atom stereocenters. The van der Waals surface area contributed by atoms with E-state index in [1.165, 1.54) is 9.87 Å². The van der Waals surface area contributed by atoms with Gasteiger partial charge in [0.2, 0.25) is 10.0 Å². The van der Waals surface area contributed by atoms with Gasteiger partial charge in [-0.1, -0.05) is 57.2 Å². The Balaban J connectivity index is 1.75. The lowest BCUT2D eigenvalue weighted by atomic mass is 9.86. The van der Waals surface area contributed by atoms with Gasteiger partial charge in [0.15, 0.2) is 6.10 Å². The molecule has 29 heavy (non-hydrogen) atoms. The van der Waals surface area contributed by atoms with E-state index in [0.717, 1.165) is 11.8 Å². The third kappa shape index (κ3) is 4.72.